The Kier molecular flexibility index (Phi) is 8.82. The van der Waals surface area contributed by atoms with Crippen molar-refractivity contribution in [3.63, 3.8) is 0 Å². The number of nitrogens with one attached hydrogen (secondary N) is 1. The third-order valence-corrected chi connectivity index (χ3v) is 6.49. The van der Waals surface area contributed by atoms with Gasteiger partial charge in [-0.05, 0) is 42.8 Å². The summed E-state index contributed by atoms with van der Waals surface area (Å²) < 4.78 is 10.8. The quantitative estimate of drug-likeness (QED) is 0.533. The number of rotatable bonds is 6. The number of pyridine rings is 1. The molecule has 0 bridgehead atoms. The Balaban J connectivity index is 0.00000171. The molecular formula is C24H30Cl2N6O3. The third-order valence-electron chi connectivity index (χ3n) is 6.49. The van der Waals surface area contributed by atoms with Gasteiger partial charge in [-0.3, -0.25) is 19.7 Å². The Morgan fingerprint density at radius 3 is 2.31 bits per heavy atom. The summed E-state index contributed by atoms with van der Waals surface area (Å²) >= 11 is 0. The average molecular weight is 521 g/mol. The Morgan fingerprint density at radius 2 is 1.69 bits per heavy atom. The van der Waals surface area contributed by atoms with Gasteiger partial charge in [0.05, 0.1) is 26.5 Å². The van der Waals surface area contributed by atoms with Crippen LogP contribution in [-0.2, 0) is 4.79 Å². The molecule has 2 fully saturated rings. The molecule has 0 spiro atoms. The number of carbonyl (C=O) groups excluding carboxylic acids is 1. The summed E-state index contributed by atoms with van der Waals surface area (Å²) in [5.41, 5.74) is 2.92. The zero-order valence-corrected chi connectivity index (χ0v) is 21.3. The van der Waals surface area contributed by atoms with Gasteiger partial charge in [-0.25, -0.2) is 0 Å². The number of hydrogen-bond donors (Lipinski definition) is 1. The monoisotopic (exact) mass is 520 g/mol. The van der Waals surface area contributed by atoms with Crippen LogP contribution in [0.1, 0.15) is 6.42 Å². The molecule has 0 aliphatic carbocycles. The van der Waals surface area contributed by atoms with E-state index in [-0.39, 0.29) is 36.8 Å². The molecule has 0 radical (unpaired) electrons. The molecule has 188 valence electrons. The second-order valence-electron chi connectivity index (χ2n) is 8.23. The molecule has 1 aromatic carbocycles. The molecule has 1 amide bonds. The van der Waals surface area contributed by atoms with Crippen molar-refractivity contribution in [3.8, 4) is 22.8 Å². The Labute approximate surface area is 217 Å². The molecule has 2 aliphatic heterocycles. The summed E-state index contributed by atoms with van der Waals surface area (Å²) in [6.45, 7) is 4.14. The highest BCUT2D eigenvalue weighted by atomic mass is 35.5. The van der Waals surface area contributed by atoms with E-state index in [0.717, 1.165) is 49.5 Å². The van der Waals surface area contributed by atoms with Crippen LogP contribution >= 0.6 is 24.8 Å². The number of anilines is 2. The fourth-order valence-corrected chi connectivity index (χ4v) is 4.67. The lowest BCUT2D eigenvalue weighted by Crippen LogP contribution is -2.52. The average Bonchev–Trinajstić information content (AvgIpc) is 3.54. The summed E-state index contributed by atoms with van der Waals surface area (Å²) in [4.78, 5) is 24.4. The molecule has 9 nitrogen and oxygen atoms in total. The van der Waals surface area contributed by atoms with Crippen molar-refractivity contribution in [2.45, 2.75) is 12.5 Å². The first kappa shape index (κ1) is 26.6. The Morgan fingerprint density at radius 1 is 0.943 bits per heavy atom. The van der Waals surface area contributed by atoms with Gasteiger partial charge in [-0.1, -0.05) is 0 Å². The molecular weight excluding hydrogens is 491 g/mol. The number of nitrogens with zero attached hydrogens (tertiary/aromatic N) is 5. The molecule has 2 saturated heterocycles. The Bertz CT molecular complexity index is 1100. The van der Waals surface area contributed by atoms with Crippen LogP contribution in [0.25, 0.3) is 11.1 Å². The molecule has 2 aliphatic rings. The number of carbonyl (C=O) groups is 1. The minimum absolute atomic E-state index is 0. The predicted molar refractivity (Wildman–Crippen MR) is 140 cm³/mol. The predicted octanol–water partition coefficient (Wildman–Crippen LogP) is 3.26. The summed E-state index contributed by atoms with van der Waals surface area (Å²) in [6, 6.07) is 11.8. The van der Waals surface area contributed by atoms with Crippen LogP contribution in [0.2, 0.25) is 0 Å². The van der Waals surface area contributed by atoms with Gasteiger partial charge in [0.25, 0.3) is 0 Å². The molecule has 35 heavy (non-hydrogen) atoms. The lowest BCUT2D eigenvalue weighted by molar-refractivity contribution is -0.121. The lowest BCUT2D eigenvalue weighted by Gasteiger charge is -2.38. The van der Waals surface area contributed by atoms with E-state index in [1.54, 1.807) is 31.5 Å². The highest BCUT2D eigenvalue weighted by molar-refractivity contribution is 5.99. The van der Waals surface area contributed by atoms with E-state index in [1.807, 2.05) is 24.3 Å². The van der Waals surface area contributed by atoms with E-state index in [0.29, 0.717) is 18.2 Å². The van der Waals surface area contributed by atoms with Crippen LogP contribution in [-0.4, -0.2) is 79.0 Å². The fraction of sp³-hybridized carbons (Fsp3) is 0.375. The number of benzene rings is 1. The number of piperazine rings is 1. The molecule has 5 rings (SSSR count). The first-order chi connectivity index (χ1) is 16.2. The topological polar surface area (TPSA) is 86.8 Å². The molecule has 1 N–H and O–H groups in total. The van der Waals surface area contributed by atoms with E-state index in [2.05, 4.69) is 37.1 Å². The largest absolute Gasteiger partial charge is 0.497 e. The third kappa shape index (κ3) is 5.32. The van der Waals surface area contributed by atoms with Crippen molar-refractivity contribution in [2.24, 2.45) is 0 Å². The summed E-state index contributed by atoms with van der Waals surface area (Å²) in [7, 11) is 3.27. The van der Waals surface area contributed by atoms with Crippen LogP contribution < -0.4 is 19.3 Å². The van der Waals surface area contributed by atoms with Gasteiger partial charge in [-0.15, -0.1) is 24.8 Å². The summed E-state index contributed by atoms with van der Waals surface area (Å²) in [6.07, 6.45) is 4.32. The number of aromatic amines is 1. The van der Waals surface area contributed by atoms with E-state index < -0.39 is 0 Å². The van der Waals surface area contributed by atoms with Crippen LogP contribution in [0.3, 0.4) is 0 Å². The van der Waals surface area contributed by atoms with Crippen molar-refractivity contribution < 1.29 is 14.3 Å². The van der Waals surface area contributed by atoms with Crippen molar-refractivity contribution in [1.29, 1.82) is 0 Å². The zero-order valence-electron chi connectivity index (χ0n) is 19.7. The van der Waals surface area contributed by atoms with Gasteiger partial charge in [0.1, 0.15) is 11.6 Å². The van der Waals surface area contributed by atoms with Crippen molar-refractivity contribution in [1.82, 2.24) is 20.1 Å². The van der Waals surface area contributed by atoms with Gasteiger partial charge >= 0.3 is 0 Å². The van der Waals surface area contributed by atoms with Crippen LogP contribution in [0, 0.1) is 0 Å². The number of amides is 1. The molecule has 1 atom stereocenters. The van der Waals surface area contributed by atoms with Crippen molar-refractivity contribution in [2.75, 3.05) is 56.7 Å². The van der Waals surface area contributed by atoms with Crippen LogP contribution in [0.4, 0.5) is 11.5 Å². The summed E-state index contributed by atoms with van der Waals surface area (Å²) in [5, 5.41) is 6.80. The summed E-state index contributed by atoms with van der Waals surface area (Å²) in [5.74, 6) is 2.08. The standard InChI is InChI=1S/C24H28N6O3.2ClH/c1-32-19-5-3-18(4-6-19)28-11-13-29(14-12-28)21-9-10-30(24(21)31)22-8-7-20(23(27-22)33-2)17-15-25-26-16-17;;/h3-8,15-16,21H,9-14H2,1-2H3,(H,25,26);2*1H. The number of methoxy groups -OCH3 is 2. The SMILES string of the molecule is COc1ccc(N2CCN(C3CCN(c4ccc(-c5cn[nH]c5)c(OC)n4)C3=O)CC2)cc1.Cl.Cl. The van der Waals surface area contributed by atoms with E-state index in [1.165, 1.54) is 5.69 Å². The minimum atomic E-state index is -0.107. The highest BCUT2D eigenvalue weighted by Crippen LogP contribution is 2.32. The number of ether oxygens (including phenoxy) is 2. The molecule has 0 saturated carbocycles. The molecule has 4 heterocycles. The van der Waals surface area contributed by atoms with Crippen molar-refractivity contribution >= 4 is 42.2 Å². The normalized spacial score (nSPS) is 18.1. The van der Waals surface area contributed by atoms with Gasteiger partial charge in [0.2, 0.25) is 11.8 Å². The van der Waals surface area contributed by atoms with E-state index >= 15 is 0 Å². The number of hydrogen-bond acceptors (Lipinski definition) is 7. The smallest absolute Gasteiger partial charge is 0.245 e. The zero-order chi connectivity index (χ0) is 22.8. The molecule has 11 heteroatoms. The van der Waals surface area contributed by atoms with Crippen LogP contribution in [0.15, 0.2) is 48.8 Å². The lowest BCUT2D eigenvalue weighted by atomic mass is 10.1. The number of halogens is 2. The molecule has 1 unspecified atom stereocenters. The van der Waals surface area contributed by atoms with Gasteiger partial charge in [0.15, 0.2) is 0 Å². The number of aromatic nitrogens is 3. The second kappa shape index (κ2) is 11.6. The van der Waals surface area contributed by atoms with Crippen LogP contribution in [0.5, 0.6) is 11.6 Å². The maximum Gasteiger partial charge on any atom is 0.245 e. The van der Waals surface area contributed by atoms with Gasteiger partial charge < -0.3 is 14.4 Å². The first-order valence-corrected chi connectivity index (χ1v) is 11.2. The number of H-pyrrole nitrogens is 1. The molecule has 3 aromatic rings. The van der Waals surface area contributed by atoms with Gasteiger partial charge in [0, 0.05) is 55.7 Å². The van der Waals surface area contributed by atoms with Gasteiger partial charge in [-0.2, -0.15) is 10.1 Å². The minimum Gasteiger partial charge on any atom is -0.497 e. The highest BCUT2D eigenvalue weighted by Gasteiger charge is 2.38. The maximum absolute atomic E-state index is 13.3. The Hall–Kier alpha value is -3.01. The first-order valence-electron chi connectivity index (χ1n) is 11.2. The van der Waals surface area contributed by atoms with E-state index in [9.17, 15) is 4.79 Å². The molecule has 2 aromatic heterocycles. The van der Waals surface area contributed by atoms with E-state index in [4.69, 9.17) is 9.47 Å². The second-order valence-corrected chi connectivity index (χ2v) is 8.23. The fourth-order valence-electron chi connectivity index (χ4n) is 4.67. The maximum atomic E-state index is 13.3. The van der Waals surface area contributed by atoms with Crippen molar-refractivity contribution in [3.05, 3.63) is 48.8 Å².